The molecule has 1 saturated carbocycles. The molecule has 0 spiro atoms. The van der Waals surface area contributed by atoms with Crippen LogP contribution in [0.3, 0.4) is 0 Å². The van der Waals surface area contributed by atoms with Crippen LogP contribution in [0, 0.1) is 0 Å². The lowest BCUT2D eigenvalue weighted by Gasteiger charge is -2.27. The number of rotatable bonds is 4. The van der Waals surface area contributed by atoms with E-state index in [9.17, 15) is 26.4 Å². The molecule has 1 aromatic rings. The number of guanidine groups is 1. The van der Waals surface area contributed by atoms with Crippen molar-refractivity contribution in [2.45, 2.75) is 48.9 Å². The number of carbonyl (C=O) groups excluding carboxylic acids is 1. The van der Waals surface area contributed by atoms with Crippen molar-refractivity contribution in [1.29, 1.82) is 0 Å². The van der Waals surface area contributed by atoms with Gasteiger partial charge in [0, 0.05) is 5.56 Å². The lowest BCUT2D eigenvalue weighted by molar-refractivity contribution is -0.139. The van der Waals surface area contributed by atoms with E-state index in [1.807, 2.05) is 0 Å². The molecule has 10 heteroatoms. The monoisotopic (exact) mass is 377 g/mol. The zero-order valence-corrected chi connectivity index (χ0v) is 14.2. The Bertz CT molecular complexity index is 824. The first kappa shape index (κ1) is 19.2. The molecule has 6 nitrogen and oxygen atoms in total. The Labute approximate surface area is 143 Å². The van der Waals surface area contributed by atoms with Crippen LogP contribution in [0.5, 0.6) is 0 Å². The molecule has 138 valence electrons. The average Bonchev–Trinajstić information content (AvgIpc) is 2.41. The van der Waals surface area contributed by atoms with E-state index < -0.39 is 43.6 Å². The van der Waals surface area contributed by atoms with E-state index >= 15 is 0 Å². The van der Waals surface area contributed by atoms with Crippen LogP contribution in [-0.4, -0.2) is 25.5 Å². The van der Waals surface area contributed by atoms with Gasteiger partial charge in [0.05, 0.1) is 15.7 Å². The summed E-state index contributed by atoms with van der Waals surface area (Å²) in [6, 6.07) is 1.45. The Hall–Kier alpha value is -2.10. The van der Waals surface area contributed by atoms with E-state index in [0.29, 0.717) is 25.3 Å². The fourth-order valence-corrected chi connectivity index (χ4v) is 4.71. The van der Waals surface area contributed by atoms with Crippen LogP contribution >= 0.6 is 0 Å². The lowest BCUT2D eigenvalue weighted by Crippen LogP contribution is -2.30. The van der Waals surface area contributed by atoms with Gasteiger partial charge in [-0.25, -0.2) is 8.42 Å². The number of alkyl halides is 3. The highest BCUT2D eigenvalue weighted by Gasteiger charge is 2.42. The summed E-state index contributed by atoms with van der Waals surface area (Å²) < 4.78 is 65.4. The molecule has 25 heavy (non-hydrogen) atoms. The molecule has 0 radical (unpaired) electrons. The number of nitrogens with two attached hydrogens (primary N) is 2. The fourth-order valence-electron chi connectivity index (χ4n) is 2.61. The molecular formula is C15H18F3N3O3S. The summed E-state index contributed by atoms with van der Waals surface area (Å²) in [4.78, 5) is 14.5. The molecule has 0 bridgehead atoms. The molecule has 0 unspecified atom stereocenters. The van der Waals surface area contributed by atoms with Crippen LogP contribution in [0.25, 0.3) is 0 Å². The molecule has 0 heterocycles. The number of sulfone groups is 1. The molecular weight excluding hydrogens is 359 g/mol. The largest absolute Gasteiger partial charge is 0.417 e. The predicted octanol–water partition coefficient (Wildman–Crippen LogP) is 2.01. The molecule has 4 N–H and O–H groups in total. The minimum Gasteiger partial charge on any atom is -0.370 e. The molecule has 1 aliphatic rings. The zero-order valence-electron chi connectivity index (χ0n) is 13.4. The summed E-state index contributed by atoms with van der Waals surface area (Å²) in [6.45, 7) is 1.59. The van der Waals surface area contributed by atoms with Crippen LogP contribution in [0.15, 0.2) is 22.0 Å². The maximum atomic E-state index is 13.4. The number of nitrogens with zero attached hydrogens (tertiary/aromatic N) is 1. The SMILES string of the molecule is CCc1cc(S(=O)(=O)C2CCC2)c(C(F)(F)F)cc1C(=O)N=C(N)N. The number of aliphatic imine (C=N–C) groups is 1. The number of carbonyl (C=O) groups is 1. The molecule has 0 aliphatic heterocycles. The van der Waals surface area contributed by atoms with Crippen molar-refractivity contribution in [2.24, 2.45) is 16.5 Å². The van der Waals surface area contributed by atoms with E-state index in [2.05, 4.69) is 4.99 Å². The Morgan fingerprint density at radius 3 is 2.28 bits per heavy atom. The van der Waals surface area contributed by atoms with E-state index in [0.717, 1.165) is 6.07 Å². The Morgan fingerprint density at radius 2 is 1.88 bits per heavy atom. The number of amides is 1. The minimum atomic E-state index is -4.94. The molecule has 2 rings (SSSR count). The first-order valence-electron chi connectivity index (χ1n) is 7.60. The zero-order chi connectivity index (χ0) is 19.0. The molecule has 1 aliphatic carbocycles. The van der Waals surface area contributed by atoms with Gasteiger partial charge in [0.25, 0.3) is 5.91 Å². The van der Waals surface area contributed by atoms with Crippen LogP contribution in [0.2, 0.25) is 0 Å². The third kappa shape index (κ3) is 3.78. The van der Waals surface area contributed by atoms with Crippen molar-refractivity contribution in [3.8, 4) is 0 Å². The summed E-state index contributed by atoms with van der Waals surface area (Å²) in [5.41, 5.74) is 8.60. The van der Waals surface area contributed by atoms with E-state index in [1.165, 1.54) is 0 Å². The van der Waals surface area contributed by atoms with E-state index in [-0.39, 0.29) is 17.5 Å². The Morgan fingerprint density at radius 1 is 1.28 bits per heavy atom. The van der Waals surface area contributed by atoms with Gasteiger partial charge in [-0.3, -0.25) is 4.79 Å². The maximum Gasteiger partial charge on any atom is 0.417 e. The number of aryl methyl sites for hydroxylation is 1. The second kappa shape index (κ2) is 6.66. The maximum absolute atomic E-state index is 13.4. The normalized spacial score (nSPS) is 15.5. The smallest absolute Gasteiger partial charge is 0.370 e. The van der Waals surface area contributed by atoms with E-state index in [4.69, 9.17) is 11.5 Å². The molecule has 0 saturated heterocycles. The second-order valence-electron chi connectivity index (χ2n) is 5.80. The molecule has 1 amide bonds. The molecule has 1 fully saturated rings. The quantitative estimate of drug-likeness (QED) is 0.615. The van der Waals surface area contributed by atoms with Crippen molar-refractivity contribution in [3.63, 3.8) is 0 Å². The van der Waals surface area contributed by atoms with Crippen molar-refractivity contribution in [3.05, 3.63) is 28.8 Å². The highest BCUT2D eigenvalue weighted by atomic mass is 32.2. The van der Waals surface area contributed by atoms with Gasteiger partial charge in [0.1, 0.15) is 0 Å². The summed E-state index contributed by atoms with van der Waals surface area (Å²) in [7, 11) is -4.13. The van der Waals surface area contributed by atoms with Crippen LogP contribution in [0.1, 0.15) is 47.7 Å². The molecule has 1 aromatic carbocycles. The van der Waals surface area contributed by atoms with Crippen LogP contribution < -0.4 is 11.5 Å². The first-order chi connectivity index (χ1) is 11.5. The van der Waals surface area contributed by atoms with E-state index in [1.54, 1.807) is 6.92 Å². The van der Waals surface area contributed by atoms with Crippen molar-refractivity contribution < 1.29 is 26.4 Å². The molecule has 0 atom stereocenters. The molecule has 0 aromatic heterocycles. The Balaban J connectivity index is 2.72. The lowest BCUT2D eigenvalue weighted by atomic mass is 10.00. The summed E-state index contributed by atoms with van der Waals surface area (Å²) in [5.74, 6) is -1.64. The standard InChI is InChI=1S/C15H18F3N3O3S/c1-2-8-6-12(25(23,24)9-4-3-5-9)11(15(16,17)18)7-10(8)13(22)21-14(19)20/h6-7,9H,2-5H2,1H3,(H4,19,20,21,22). The highest BCUT2D eigenvalue weighted by Crippen LogP contribution is 2.40. The van der Waals surface area contributed by atoms with Crippen molar-refractivity contribution in [1.82, 2.24) is 0 Å². The fraction of sp³-hybridized carbons (Fsp3) is 0.467. The number of halogens is 3. The van der Waals surface area contributed by atoms with Gasteiger partial charge in [-0.05, 0) is 37.0 Å². The third-order valence-electron chi connectivity index (χ3n) is 4.15. The first-order valence-corrected chi connectivity index (χ1v) is 9.15. The third-order valence-corrected chi connectivity index (χ3v) is 6.45. The van der Waals surface area contributed by atoms with Gasteiger partial charge in [0.2, 0.25) is 0 Å². The summed E-state index contributed by atoms with van der Waals surface area (Å²) in [5, 5.41) is -0.822. The average molecular weight is 377 g/mol. The van der Waals surface area contributed by atoms with Gasteiger partial charge in [0.15, 0.2) is 15.8 Å². The summed E-state index contributed by atoms with van der Waals surface area (Å²) in [6.07, 6.45) is -3.48. The van der Waals surface area contributed by atoms with Gasteiger partial charge in [-0.15, -0.1) is 0 Å². The highest BCUT2D eigenvalue weighted by molar-refractivity contribution is 7.92. The van der Waals surface area contributed by atoms with Crippen LogP contribution in [0.4, 0.5) is 13.2 Å². The minimum absolute atomic E-state index is 0.140. The predicted molar refractivity (Wildman–Crippen MR) is 85.8 cm³/mol. The van der Waals surface area contributed by atoms with Gasteiger partial charge in [-0.2, -0.15) is 18.2 Å². The van der Waals surface area contributed by atoms with Crippen molar-refractivity contribution in [2.75, 3.05) is 0 Å². The van der Waals surface area contributed by atoms with Crippen LogP contribution in [-0.2, 0) is 22.4 Å². The van der Waals surface area contributed by atoms with Crippen molar-refractivity contribution >= 4 is 21.7 Å². The summed E-state index contributed by atoms with van der Waals surface area (Å²) >= 11 is 0. The topological polar surface area (TPSA) is 116 Å². The Kier molecular flexibility index (Phi) is 5.12. The second-order valence-corrected chi connectivity index (χ2v) is 7.99. The van der Waals surface area contributed by atoms with Gasteiger partial charge >= 0.3 is 6.18 Å². The number of benzene rings is 1. The number of hydrogen-bond acceptors (Lipinski definition) is 3. The van der Waals surface area contributed by atoms with Gasteiger partial charge < -0.3 is 11.5 Å². The number of hydrogen-bond donors (Lipinski definition) is 2. The van der Waals surface area contributed by atoms with Gasteiger partial charge in [-0.1, -0.05) is 13.3 Å².